The zero-order valence-electron chi connectivity index (χ0n) is 10.6. The number of carbonyl (C=O) groups excluding carboxylic acids is 1. The van der Waals surface area contributed by atoms with Gasteiger partial charge in [-0.15, -0.1) is 0 Å². The van der Waals surface area contributed by atoms with Gasteiger partial charge in [0, 0.05) is 6.54 Å². The molecule has 1 aliphatic carbocycles. The summed E-state index contributed by atoms with van der Waals surface area (Å²) in [6, 6.07) is -0.810. The predicted octanol–water partition coefficient (Wildman–Crippen LogP) is 1.24. The number of carboxylic acids is 1. The van der Waals surface area contributed by atoms with Crippen LogP contribution in [0, 0.1) is 0 Å². The Hall–Kier alpha value is -1.30. The highest BCUT2D eigenvalue weighted by molar-refractivity contribution is 5.72. The number of hydrogen-bond donors (Lipinski definition) is 3. The van der Waals surface area contributed by atoms with Crippen LogP contribution in [0.15, 0.2) is 0 Å². The van der Waals surface area contributed by atoms with E-state index in [-0.39, 0.29) is 12.2 Å². The summed E-state index contributed by atoms with van der Waals surface area (Å²) in [4.78, 5) is 21.8. The molecule has 104 valence electrons. The van der Waals surface area contributed by atoms with Crippen LogP contribution in [-0.4, -0.2) is 35.9 Å². The van der Waals surface area contributed by atoms with Crippen LogP contribution in [0.2, 0.25) is 0 Å². The highest BCUT2D eigenvalue weighted by Crippen LogP contribution is 2.20. The molecule has 1 amide bonds. The van der Waals surface area contributed by atoms with E-state index in [4.69, 9.17) is 15.6 Å². The summed E-state index contributed by atoms with van der Waals surface area (Å²) in [6.45, 7) is 0.498. The van der Waals surface area contributed by atoms with E-state index < -0.39 is 12.0 Å². The summed E-state index contributed by atoms with van der Waals surface area (Å²) in [5.74, 6) is -0.983. The fourth-order valence-electron chi connectivity index (χ4n) is 2.00. The Kier molecular flexibility index (Phi) is 6.49. The Labute approximate surface area is 107 Å². The van der Waals surface area contributed by atoms with Gasteiger partial charge in [0.25, 0.3) is 0 Å². The third-order valence-corrected chi connectivity index (χ3v) is 3.10. The highest BCUT2D eigenvalue weighted by Gasteiger charge is 2.18. The number of nitrogens with one attached hydrogen (secondary N) is 1. The number of rotatable bonds is 7. The maximum atomic E-state index is 11.4. The highest BCUT2D eigenvalue weighted by atomic mass is 16.6. The first-order valence-corrected chi connectivity index (χ1v) is 6.52. The Morgan fingerprint density at radius 3 is 2.61 bits per heavy atom. The quantitative estimate of drug-likeness (QED) is 0.596. The summed E-state index contributed by atoms with van der Waals surface area (Å²) in [7, 11) is 0. The van der Waals surface area contributed by atoms with Gasteiger partial charge in [-0.25, -0.2) is 4.79 Å². The molecule has 6 nitrogen and oxygen atoms in total. The molecule has 1 aliphatic rings. The maximum absolute atomic E-state index is 11.4. The van der Waals surface area contributed by atoms with Gasteiger partial charge in [-0.2, -0.15) is 0 Å². The van der Waals surface area contributed by atoms with Gasteiger partial charge in [-0.05, 0) is 44.9 Å². The number of carbonyl (C=O) groups is 2. The van der Waals surface area contributed by atoms with Crippen molar-refractivity contribution in [3.8, 4) is 0 Å². The number of alkyl carbamates (subject to hydrolysis) is 1. The molecule has 0 aromatic heterocycles. The topological polar surface area (TPSA) is 102 Å². The van der Waals surface area contributed by atoms with Crippen molar-refractivity contribution in [1.29, 1.82) is 0 Å². The fraction of sp³-hybridized carbons (Fsp3) is 0.833. The van der Waals surface area contributed by atoms with Gasteiger partial charge in [0.1, 0.15) is 12.1 Å². The second kappa shape index (κ2) is 7.92. The monoisotopic (exact) mass is 258 g/mol. The first kappa shape index (κ1) is 14.8. The number of carboxylic acid groups (broad SMARTS) is 1. The van der Waals surface area contributed by atoms with E-state index in [9.17, 15) is 9.59 Å². The van der Waals surface area contributed by atoms with Crippen LogP contribution in [0.4, 0.5) is 4.79 Å². The standard InChI is InChI=1S/C12H22N2O4/c13-10(11(15)16)7-3-4-8-14-12(17)18-9-5-1-2-6-9/h9-10H,1-8,13H2,(H,14,17)(H,15,16). The van der Waals surface area contributed by atoms with Crippen molar-refractivity contribution in [1.82, 2.24) is 5.32 Å². The molecule has 4 N–H and O–H groups in total. The van der Waals surface area contributed by atoms with Crippen LogP contribution in [0.3, 0.4) is 0 Å². The first-order valence-electron chi connectivity index (χ1n) is 6.52. The molecule has 1 atom stereocenters. The van der Waals surface area contributed by atoms with Gasteiger partial charge >= 0.3 is 12.1 Å². The molecule has 1 saturated carbocycles. The van der Waals surface area contributed by atoms with Gasteiger partial charge in [-0.1, -0.05) is 0 Å². The third kappa shape index (κ3) is 5.86. The van der Waals surface area contributed by atoms with Crippen molar-refractivity contribution < 1.29 is 19.4 Å². The minimum Gasteiger partial charge on any atom is -0.480 e. The van der Waals surface area contributed by atoms with E-state index in [1.165, 1.54) is 0 Å². The number of amides is 1. The molecule has 0 radical (unpaired) electrons. The Bertz CT molecular complexity index is 277. The number of hydrogen-bond acceptors (Lipinski definition) is 4. The number of aliphatic carboxylic acids is 1. The fourth-order valence-corrected chi connectivity index (χ4v) is 2.00. The van der Waals surface area contributed by atoms with Gasteiger partial charge < -0.3 is 20.9 Å². The van der Waals surface area contributed by atoms with Crippen LogP contribution >= 0.6 is 0 Å². The maximum Gasteiger partial charge on any atom is 0.407 e. The smallest absolute Gasteiger partial charge is 0.407 e. The van der Waals surface area contributed by atoms with E-state index >= 15 is 0 Å². The Balaban J connectivity index is 1.96. The summed E-state index contributed by atoms with van der Waals surface area (Å²) < 4.78 is 5.21. The molecule has 0 saturated heterocycles. The van der Waals surface area contributed by atoms with E-state index in [0.29, 0.717) is 25.8 Å². The van der Waals surface area contributed by atoms with Gasteiger partial charge in [0.05, 0.1) is 0 Å². The van der Waals surface area contributed by atoms with Crippen molar-refractivity contribution in [2.45, 2.75) is 57.1 Å². The predicted molar refractivity (Wildman–Crippen MR) is 66.2 cm³/mol. The van der Waals surface area contributed by atoms with Crippen molar-refractivity contribution in [3.63, 3.8) is 0 Å². The lowest BCUT2D eigenvalue weighted by Crippen LogP contribution is -2.31. The molecule has 18 heavy (non-hydrogen) atoms. The minimum absolute atomic E-state index is 0.0745. The molecule has 0 aliphatic heterocycles. The van der Waals surface area contributed by atoms with Crippen molar-refractivity contribution >= 4 is 12.1 Å². The molecular weight excluding hydrogens is 236 g/mol. The molecule has 6 heteroatoms. The zero-order valence-corrected chi connectivity index (χ0v) is 10.6. The number of ether oxygens (including phenoxy) is 1. The zero-order chi connectivity index (χ0) is 13.4. The van der Waals surface area contributed by atoms with Crippen molar-refractivity contribution in [2.75, 3.05) is 6.54 Å². The van der Waals surface area contributed by atoms with Crippen molar-refractivity contribution in [2.24, 2.45) is 5.73 Å². The van der Waals surface area contributed by atoms with Gasteiger partial charge in [0.2, 0.25) is 0 Å². The van der Waals surface area contributed by atoms with Crippen LogP contribution in [0.1, 0.15) is 44.9 Å². The van der Waals surface area contributed by atoms with E-state index in [2.05, 4.69) is 5.32 Å². The number of unbranched alkanes of at least 4 members (excludes halogenated alkanes) is 1. The molecule has 0 aromatic rings. The summed E-state index contributed by atoms with van der Waals surface area (Å²) >= 11 is 0. The Morgan fingerprint density at radius 2 is 2.00 bits per heavy atom. The van der Waals surface area contributed by atoms with E-state index in [1.54, 1.807) is 0 Å². The average Bonchev–Trinajstić information content (AvgIpc) is 2.80. The molecule has 0 heterocycles. The van der Waals surface area contributed by atoms with Crippen LogP contribution in [0.5, 0.6) is 0 Å². The summed E-state index contributed by atoms with van der Waals surface area (Å²) in [5.41, 5.74) is 5.36. The van der Waals surface area contributed by atoms with Crippen LogP contribution in [0.25, 0.3) is 0 Å². The normalized spacial score (nSPS) is 17.4. The molecule has 0 aromatic carbocycles. The molecule has 1 unspecified atom stereocenters. The number of nitrogens with two attached hydrogens (primary N) is 1. The average molecular weight is 258 g/mol. The Morgan fingerprint density at radius 1 is 1.33 bits per heavy atom. The molecule has 0 bridgehead atoms. The second-order valence-corrected chi connectivity index (χ2v) is 4.68. The minimum atomic E-state index is -0.983. The van der Waals surface area contributed by atoms with Crippen LogP contribution < -0.4 is 11.1 Å². The summed E-state index contributed by atoms with van der Waals surface area (Å²) in [5, 5.41) is 11.2. The summed E-state index contributed by atoms with van der Waals surface area (Å²) in [6.07, 6.45) is 5.69. The van der Waals surface area contributed by atoms with Gasteiger partial charge in [-0.3, -0.25) is 4.79 Å². The largest absolute Gasteiger partial charge is 0.480 e. The van der Waals surface area contributed by atoms with Crippen molar-refractivity contribution in [3.05, 3.63) is 0 Å². The molecular formula is C12H22N2O4. The third-order valence-electron chi connectivity index (χ3n) is 3.10. The molecule has 0 spiro atoms. The lowest BCUT2D eigenvalue weighted by Gasteiger charge is -2.12. The van der Waals surface area contributed by atoms with E-state index in [1.807, 2.05) is 0 Å². The lowest BCUT2D eigenvalue weighted by atomic mass is 10.1. The van der Waals surface area contributed by atoms with Gasteiger partial charge in [0.15, 0.2) is 0 Å². The SMILES string of the molecule is NC(CCCCNC(=O)OC1CCCC1)C(=O)O. The molecule has 1 rings (SSSR count). The van der Waals surface area contributed by atoms with E-state index in [0.717, 1.165) is 25.7 Å². The van der Waals surface area contributed by atoms with Crippen LogP contribution in [-0.2, 0) is 9.53 Å². The lowest BCUT2D eigenvalue weighted by molar-refractivity contribution is -0.138. The molecule has 1 fully saturated rings. The first-order chi connectivity index (χ1) is 8.59. The second-order valence-electron chi connectivity index (χ2n) is 4.68.